The maximum atomic E-state index is 12.3. The molecule has 1 saturated heterocycles. The quantitative estimate of drug-likeness (QED) is 0.191. The van der Waals surface area contributed by atoms with Crippen LogP contribution in [0.15, 0.2) is 30.9 Å². The van der Waals surface area contributed by atoms with Crippen molar-refractivity contribution in [2.75, 3.05) is 52.4 Å². The van der Waals surface area contributed by atoms with Gasteiger partial charge in [-0.1, -0.05) is 0 Å². The van der Waals surface area contributed by atoms with Gasteiger partial charge in [0.05, 0.1) is 40.4 Å². The first kappa shape index (κ1) is 26.5. The number of ether oxygens (including phenoxy) is 4. The summed E-state index contributed by atoms with van der Waals surface area (Å²) in [7, 11) is 3.03. The Labute approximate surface area is 212 Å². The molecule has 1 aliphatic rings. The van der Waals surface area contributed by atoms with Gasteiger partial charge in [0.2, 0.25) is 0 Å². The second-order valence-electron chi connectivity index (χ2n) is 8.14. The number of aliphatic hydroxyl groups is 3. The van der Waals surface area contributed by atoms with Gasteiger partial charge in [0.25, 0.3) is 5.91 Å². The molecule has 2 aromatic heterocycles. The van der Waals surface area contributed by atoms with Crippen LogP contribution in [0.4, 0.5) is 5.82 Å². The van der Waals surface area contributed by atoms with Gasteiger partial charge in [-0.15, -0.1) is 0 Å². The van der Waals surface area contributed by atoms with Gasteiger partial charge in [0.15, 0.2) is 34.7 Å². The molecule has 14 nitrogen and oxygen atoms in total. The van der Waals surface area contributed by atoms with Crippen molar-refractivity contribution in [2.24, 2.45) is 0 Å². The molecule has 4 atom stereocenters. The summed E-state index contributed by atoms with van der Waals surface area (Å²) in [4.78, 5) is 25.1. The van der Waals surface area contributed by atoms with Crippen molar-refractivity contribution in [3.8, 4) is 11.5 Å². The van der Waals surface area contributed by atoms with Gasteiger partial charge < -0.3 is 44.9 Å². The molecule has 1 fully saturated rings. The van der Waals surface area contributed by atoms with Gasteiger partial charge >= 0.3 is 0 Å². The van der Waals surface area contributed by atoms with E-state index in [1.165, 1.54) is 31.4 Å². The summed E-state index contributed by atoms with van der Waals surface area (Å²) < 4.78 is 23.0. The lowest BCUT2D eigenvalue weighted by Gasteiger charge is -2.16. The predicted octanol–water partition coefficient (Wildman–Crippen LogP) is -0.686. The minimum Gasteiger partial charge on any atom is -0.493 e. The summed E-state index contributed by atoms with van der Waals surface area (Å²) >= 11 is 0. The highest BCUT2D eigenvalue weighted by molar-refractivity contribution is 5.94. The Kier molecular flexibility index (Phi) is 8.68. The molecule has 1 amide bonds. The van der Waals surface area contributed by atoms with Crippen LogP contribution in [0.25, 0.3) is 11.2 Å². The van der Waals surface area contributed by atoms with Crippen LogP contribution < -0.4 is 20.1 Å². The largest absolute Gasteiger partial charge is 0.493 e. The van der Waals surface area contributed by atoms with E-state index >= 15 is 0 Å². The number of anilines is 1. The molecule has 0 aliphatic carbocycles. The van der Waals surface area contributed by atoms with Crippen LogP contribution in [0.1, 0.15) is 16.6 Å². The smallest absolute Gasteiger partial charge is 0.251 e. The molecule has 0 radical (unpaired) electrons. The van der Waals surface area contributed by atoms with E-state index in [0.717, 1.165) is 0 Å². The summed E-state index contributed by atoms with van der Waals surface area (Å²) in [5, 5.41) is 35.6. The van der Waals surface area contributed by atoms with E-state index in [1.54, 1.807) is 18.2 Å². The molecule has 14 heteroatoms. The van der Waals surface area contributed by atoms with E-state index in [4.69, 9.17) is 18.9 Å². The van der Waals surface area contributed by atoms with Gasteiger partial charge in [-0.05, 0) is 18.2 Å². The third-order valence-electron chi connectivity index (χ3n) is 5.87. The lowest BCUT2D eigenvalue weighted by molar-refractivity contribution is -0.0511. The van der Waals surface area contributed by atoms with Crippen molar-refractivity contribution in [3.05, 3.63) is 36.4 Å². The lowest BCUT2D eigenvalue weighted by atomic mass is 10.1. The zero-order valence-corrected chi connectivity index (χ0v) is 20.4. The fraction of sp³-hybridized carbons (Fsp3) is 0.478. The number of methoxy groups -OCH3 is 2. The van der Waals surface area contributed by atoms with E-state index in [1.807, 2.05) is 0 Å². The number of carbonyl (C=O) groups is 1. The second kappa shape index (κ2) is 12.1. The average Bonchev–Trinajstić information content (AvgIpc) is 3.48. The van der Waals surface area contributed by atoms with E-state index in [2.05, 4.69) is 25.6 Å². The number of nitrogens with zero attached hydrogens (tertiary/aromatic N) is 4. The maximum Gasteiger partial charge on any atom is 0.251 e. The second-order valence-corrected chi connectivity index (χ2v) is 8.14. The van der Waals surface area contributed by atoms with Crippen molar-refractivity contribution < 1.29 is 39.1 Å². The van der Waals surface area contributed by atoms with Crippen molar-refractivity contribution in [1.29, 1.82) is 0 Å². The van der Waals surface area contributed by atoms with Gasteiger partial charge in [0.1, 0.15) is 24.6 Å². The Balaban J connectivity index is 1.23. The van der Waals surface area contributed by atoms with Crippen LogP contribution in [-0.2, 0) is 9.47 Å². The first-order chi connectivity index (χ1) is 18.0. The highest BCUT2D eigenvalue weighted by atomic mass is 16.6. The summed E-state index contributed by atoms with van der Waals surface area (Å²) in [6.07, 6.45) is -1.55. The number of hydrogen-bond acceptors (Lipinski definition) is 12. The zero-order valence-electron chi connectivity index (χ0n) is 20.4. The van der Waals surface area contributed by atoms with Crippen LogP contribution in [-0.4, -0.2) is 106 Å². The van der Waals surface area contributed by atoms with Crippen LogP contribution in [0.2, 0.25) is 0 Å². The van der Waals surface area contributed by atoms with E-state index < -0.39 is 31.1 Å². The van der Waals surface area contributed by atoms with Crippen LogP contribution in [0.3, 0.4) is 0 Å². The van der Waals surface area contributed by atoms with Crippen LogP contribution >= 0.6 is 0 Å². The molecule has 1 aromatic carbocycles. The van der Waals surface area contributed by atoms with Crippen LogP contribution in [0, 0.1) is 0 Å². The number of aromatic nitrogens is 4. The number of imidazole rings is 1. The van der Waals surface area contributed by atoms with E-state index in [-0.39, 0.29) is 5.91 Å². The van der Waals surface area contributed by atoms with Crippen LogP contribution in [0.5, 0.6) is 11.5 Å². The average molecular weight is 519 g/mol. The SMILES string of the molecule is COc1ccc(C(=O)NCCOCCNc2ncnc3c2ncn3[C@@H]2O[C@H](CO)[C@@H](O)[C@H]2O)cc1OC. The van der Waals surface area contributed by atoms with Crippen molar-refractivity contribution >= 4 is 22.9 Å². The molecule has 0 saturated carbocycles. The number of nitrogens with one attached hydrogen (secondary N) is 2. The summed E-state index contributed by atoms with van der Waals surface area (Å²) in [5.74, 6) is 1.22. The highest BCUT2D eigenvalue weighted by Gasteiger charge is 2.44. The number of rotatable bonds is 12. The number of aliphatic hydroxyl groups excluding tert-OH is 3. The molecular formula is C23H30N6O8. The van der Waals surface area contributed by atoms with E-state index in [9.17, 15) is 20.1 Å². The van der Waals surface area contributed by atoms with Crippen molar-refractivity contribution in [2.45, 2.75) is 24.5 Å². The molecule has 200 valence electrons. The summed E-state index contributed by atoms with van der Waals surface area (Å²) in [5.41, 5.74) is 1.29. The molecule has 37 heavy (non-hydrogen) atoms. The van der Waals surface area contributed by atoms with Gasteiger partial charge in [-0.3, -0.25) is 9.36 Å². The fourth-order valence-corrected chi connectivity index (χ4v) is 3.94. The Morgan fingerprint density at radius 1 is 1.08 bits per heavy atom. The van der Waals surface area contributed by atoms with E-state index in [0.29, 0.717) is 60.3 Å². The predicted molar refractivity (Wildman–Crippen MR) is 130 cm³/mol. The molecule has 5 N–H and O–H groups in total. The molecular weight excluding hydrogens is 488 g/mol. The first-order valence-corrected chi connectivity index (χ1v) is 11.6. The molecule has 1 aliphatic heterocycles. The van der Waals surface area contributed by atoms with Gasteiger partial charge in [-0.25, -0.2) is 15.0 Å². The standard InChI is InChI=1S/C23H30N6O8/c1-34-14-4-3-13(9-15(14)35-2)22(33)25-6-8-36-7-5-24-20-17-21(27-11-26-20)29(12-28-17)23-19(32)18(31)16(10-30)37-23/h3-4,9,11-12,16,18-19,23,30-32H,5-8,10H2,1-2H3,(H,25,33)(H,24,26,27)/t16-,18-,19-,23-/m1/s1. The normalized spacial score (nSPS) is 21.2. The molecule has 0 bridgehead atoms. The minimum absolute atomic E-state index is 0.254. The molecule has 3 aromatic rings. The minimum atomic E-state index is -1.25. The number of fused-ring (bicyclic) bond motifs is 1. The summed E-state index contributed by atoms with van der Waals surface area (Å²) in [6.45, 7) is 0.951. The summed E-state index contributed by atoms with van der Waals surface area (Å²) in [6, 6.07) is 4.93. The Morgan fingerprint density at radius 3 is 2.59 bits per heavy atom. The third-order valence-corrected chi connectivity index (χ3v) is 5.87. The van der Waals surface area contributed by atoms with Crippen molar-refractivity contribution in [3.63, 3.8) is 0 Å². The zero-order chi connectivity index (χ0) is 26.4. The Hall–Kier alpha value is -3.56. The lowest BCUT2D eigenvalue weighted by Crippen LogP contribution is -2.33. The number of amides is 1. The fourth-order valence-electron chi connectivity index (χ4n) is 3.94. The number of hydrogen-bond donors (Lipinski definition) is 5. The highest BCUT2D eigenvalue weighted by Crippen LogP contribution is 2.32. The molecule has 0 unspecified atom stereocenters. The molecule has 3 heterocycles. The molecule has 0 spiro atoms. The topological polar surface area (TPSA) is 182 Å². The Bertz CT molecular complexity index is 1210. The first-order valence-electron chi connectivity index (χ1n) is 11.6. The van der Waals surface area contributed by atoms with Gasteiger partial charge in [-0.2, -0.15) is 0 Å². The van der Waals surface area contributed by atoms with Crippen molar-refractivity contribution in [1.82, 2.24) is 24.8 Å². The molecule has 4 rings (SSSR count). The number of carbonyl (C=O) groups excluding carboxylic acids is 1. The number of benzene rings is 1. The monoisotopic (exact) mass is 518 g/mol. The third kappa shape index (κ3) is 5.73. The van der Waals surface area contributed by atoms with Gasteiger partial charge in [0, 0.05) is 18.7 Å². The maximum absolute atomic E-state index is 12.3. The Morgan fingerprint density at radius 2 is 1.86 bits per heavy atom.